The van der Waals surface area contributed by atoms with E-state index in [4.69, 9.17) is 20.3 Å². The lowest BCUT2D eigenvalue weighted by Crippen LogP contribution is -2.40. The number of benzene rings is 2. The third kappa shape index (κ3) is 17.3. The van der Waals surface area contributed by atoms with E-state index < -0.39 is 25.6 Å². The average Bonchev–Trinajstić information content (AvgIpc) is 4.16. The number of rotatable bonds is 13. The normalized spacial score (nSPS) is 18.2. The van der Waals surface area contributed by atoms with Gasteiger partial charge in [-0.25, -0.2) is 56.2 Å². The van der Waals surface area contributed by atoms with E-state index in [1.165, 1.54) is 34.8 Å². The number of nitrogens with one attached hydrogen (secondary N) is 6. The number of primary sulfonamides is 1. The number of halogens is 1. The summed E-state index contributed by atoms with van der Waals surface area (Å²) in [5.41, 5.74) is 7.35. The number of H-pyrrole nitrogens is 2. The van der Waals surface area contributed by atoms with E-state index in [0.717, 1.165) is 75.9 Å². The Kier molecular flexibility index (Phi) is 19.6. The summed E-state index contributed by atoms with van der Waals surface area (Å²) >= 11 is 6.10. The third-order valence-electron chi connectivity index (χ3n) is 11.3. The van der Waals surface area contributed by atoms with Gasteiger partial charge >= 0.3 is 12.2 Å². The predicted octanol–water partition coefficient (Wildman–Crippen LogP) is 9.89. The van der Waals surface area contributed by atoms with Crippen LogP contribution < -0.4 is 31.5 Å². The molecule has 0 saturated heterocycles. The maximum atomic E-state index is 13.1. The zero-order valence-electron chi connectivity index (χ0n) is 41.8. The molecule has 0 aliphatic heterocycles. The van der Waals surface area contributed by atoms with Gasteiger partial charge in [0.2, 0.25) is 26.0 Å². The number of ether oxygens (including phenoxy) is 2. The van der Waals surface area contributed by atoms with Crippen LogP contribution in [-0.2, 0) is 29.5 Å². The molecule has 0 bridgehead atoms. The molecule has 2 aliphatic carbocycles. The summed E-state index contributed by atoms with van der Waals surface area (Å²) in [5.74, 6) is 1.04. The Bertz CT molecular complexity index is 2960. The number of carbonyl (C=O) groups is 2. The van der Waals surface area contributed by atoms with Gasteiger partial charge in [-0.15, -0.1) is 22.7 Å². The number of imidazole rings is 2. The number of aromatic amines is 2. The SMILES string of the molecule is Brc1ncc[nH]1.CC(C)OC(=O)NC1CCC(c2ncc(-c3ccc(N)cc3S(=O)(=O)NC(C)(C)C)s2)CC1.CC(C)OC(=O)NC1CCC(c2ncc(-c3ccc(Nc4ncc[nH]4)cc3S(N)(=O)=O)s2)CC1. The molecule has 0 unspecified atom stereocenters. The molecule has 2 fully saturated rings. The number of thiazole rings is 2. The molecule has 0 spiro atoms. The summed E-state index contributed by atoms with van der Waals surface area (Å²) in [5, 5.41) is 16.4. The number of anilines is 3. The van der Waals surface area contributed by atoms with Crippen LogP contribution in [0.15, 0.2) is 88.1 Å². The molecule has 0 atom stereocenters. The Morgan fingerprint density at radius 3 is 1.63 bits per heavy atom. The lowest BCUT2D eigenvalue weighted by atomic mass is 9.86. The molecule has 396 valence electrons. The molecule has 2 amide bonds. The molecule has 0 radical (unpaired) electrons. The number of sulfonamides is 2. The second kappa shape index (κ2) is 25.2. The Hall–Kier alpha value is -5.44. The van der Waals surface area contributed by atoms with Crippen molar-refractivity contribution in [2.75, 3.05) is 11.1 Å². The van der Waals surface area contributed by atoms with Crippen molar-refractivity contribution in [3.63, 3.8) is 0 Å². The fourth-order valence-electron chi connectivity index (χ4n) is 8.18. The second-order valence-electron chi connectivity index (χ2n) is 19.2. The highest BCUT2D eigenvalue weighted by molar-refractivity contribution is 9.10. The highest BCUT2D eigenvalue weighted by Gasteiger charge is 2.30. The molecule has 25 heteroatoms. The minimum Gasteiger partial charge on any atom is -0.447 e. The first-order valence-electron chi connectivity index (χ1n) is 23.8. The summed E-state index contributed by atoms with van der Waals surface area (Å²) in [6.45, 7) is 12.7. The van der Waals surface area contributed by atoms with E-state index in [1.54, 1.807) is 82.2 Å². The van der Waals surface area contributed by atoms with Gasteiger partial charge < -0.3 is 41.1 Å². The van der Waals surface area contributed by atoms with Crippen LogP contribution in [0.3, 0.4) is 0 Å². The monoisotopic (exact) mass is 1140 g/mol. The number of carbonyl (C=O) groups excluding carboxylic acids is 2. The maximum Gasteiger partial charge on any atom is 0.407 e. The van der Waals surface area contributed by atoms with Gasteiger partial charge in [0, 0.05) is 89.1 Å². The standard InChI is InChI=1S/C23H34N4O4S2.C22H28N6O4S2.C3H3BrN2/c1-14(2)31-22(28)26-17-9-6-15(7-10-17)21-25-13-19(32-21)18-11-8-16(24)12-20(18)33(29,30)27-23(3,4)5;1-13(2)32-22(29)28-15-5-3-14(4-6-15)20-26-12-18(33-20)17-8-7-16(11-19(17)34(23,30)31)27-21-24-9-10-25-21;4-3-5-1-2-6-3/h8,11-15,17,27H,6-7,9-10,24H2,1-5H3,(H,26,28);7-15H,3-6H2,1-2H3,(H,28,29)(H2,23,30,31)(H2,24,25,27);1-2H,(H,5,6). The van der Waals surface area contributed by atoms with Crippen molar-refractivity contribution in [1.82, 2.24) is 45.3 Å². The number of hydrogen-bond donors (Lipinski definition) is 8. The zero-order chi connectivity index (χ0) is 53.1. The molecule has 10 N–H and O–H groups in total. The zero-order valence-corrected chi connectivity index (χ0v) is 46.6. The number of amides is 2. The molecule has 2 saturated carbocycles. The number of aromatic nitrogens is 6. The van der Waals surface area contributed by atoms with Gasteiger partial charge in [-0.3, -0.25) is 0 Å². The predicted molar refractivity (Wildman–Crippen MR) is 289 cm³/mol. The number of nitrogens with two attached hydrogens (primary N) is 2. The van der Waals surface area contributed by atoms with Gasteiger partial charge in [0.1, 0.15) is 0 Å². The number of alkyl carbamates (subject to hydrolysis) is 2. The van der Waals surface area contributed by atoms with Crippen LogP contribution in [0.5, 0.6) is 0 Å². The fraction of sp³-hybridized carbons (Fsp3) is 0.458. The third-order valence-corrected chi connectivity index (χ3v) is 16.9. The molecule has 2 aromatic carbocycles. The van der Waals surface area contributed by atoms with Crippen LogP contribution >= 0.6 is 38.6 Å². The van der Waals surface area contributed by atoms with Gasteiger partial charge in [0.25, 0.3) is 0 Å². The fourth-order valence-corrected chi connectivity index (χ4v) is 13.3. The lowest BCUT2D eigenvalue weighted by Gasteiger charge is -2.28. The Balaban J connectivity index is 0.000000213. The molecule has 8 rings (SSSR count). The summed E-state index contributed by atoms with van der Waals surface area (Å²) < 4.78 is 64.6. The van der Waals surface area contributed by atoms with Gasteiger partial charge in [-0.05, 0) is 140 Å². The Labute approximate surface area is 443 Å². The quantitative estimate of drug-likeness (QED) is 0.0499. The lowest BCUT2D eigenvalue weighted by molar-refractivity contribution is 0.108. The maximum absolute atomic E-state index is 13.1. The van der Waals surface area contributed by atoms with Crippen LogP contribution in [0.1, 0.15) is 122 Å². The Morgan fingerprint density at radius 1 is 0.712 bits per heavy atom. The van der Waals surface area contributed by atoms with Crippen LogP contribution in [0.2, 0.25) is 0 Å². The van der Waals surface area contributed by atoms with Crippen molar-refractivity contribution in [3.05, 3.63) is 88.3 Å². The van der Waals surface area contributed by atoms with Crippen molar-refractivity contribution in [2.45, 2.75) is 151 Å². The number of hydrogen-bond acceptors (Lipinski definition) is 16. The highest BCUT2D eigenvalue weighted by atomic mass is 79.9. The van der Waals surface area contributed by atoms with E-state index in [0.29, 0.717) is 28.5 Å². The van der Waals surface area contributed by atoms with E-state index in [2.05, 4.69) is 66.5 Å². The van der Waals surface area contributed by atoms with Crippen molar-refractivity contribution in [3.8, 4) is 20.9 Å². The van der Waals surface area contributed by atoms with Gasteiger partial charge in [-0.1, -0.05) is 12.1 Å². The summed E-state index contributed by atoms with van der Waals surface area (Å²) in [6, 6.07) is 10.1. The number of nitrogen functional groups attached to an aromatic ring is 1. The van der Waals surface area contributed by atoms with Crippen molar-refractivity contribution in [2.24, 2.45) is 5.14 Å². The molecule has 4 heterocycles. The van der Waals surface area contributed by atoms with Crippen LogP contribution in [-0.4, -0.2) is 88.8 Å². The van der Waals surface area contributed by atoms with Gasteiger partial charge in [-0.2, -0.15) is 0 Å². The average molecular weight is 1150 g/mol. The minimum atomic E-state index is -3.97. The molecular weight excluding hydrogens is 1080 g/mol. The van der Waals surface area contributed by atoms with E-state index in [-0.39, 0.29) is 58.1 Å². The smallest absolute Gasteiger partial charge is 0.407 e. The minimum absolute atomic E-state index is 0.0239. The summed E-state index contributed by atoms with van der Waals surface area (Å²) in [7, 11) is -7.74. The molecule has 2 aliphatic rings. The molecule has 4 aromatic heterocycles. The molecular formula is C48H65BrN12O8S4. The van der Waals surface area contributed by atoms with E-state index >= 15 is 0 Å². The van der Waals surface area contributed by atoms with Crippen LogP contribution in [0.4, 0.5) is 26.9 Å². The van der Waals surface area contributed by atoms with Crippen LogP contribution in [0, 0.1) is 0 Å². The largest absolute Gasteiger partial charge is 0.447 e. The first-order valence-corrected chi connectivity index (χ1v) is 29.3. The highest BCUT2D eigenvalue weighted by Crippen LogP contribution is 2.41. The van der Waals surface area contributed by atoms with Gasteiger partial charge in [0.15, 0.2) is 4.73 Å². The van der Waals surface area contributed by atoms with Gasteiger partial charge in [0.05, 0.1) is 41.8 Å². The van der Waals surface area contributed by atoms with E-state index in [1.807, 2.05) is 27.7 Å². The number of nitrogens with zero attached hydrogens (tertiary/aromatic N) is 4. The van der Waals surface area contributed by atoms with Crippen molar-refractivity contribution in [1.29, 1.82) is 0 Å². The Morgan fingerprint density at radius 2 is 1.21 bits per heavy atom. The molecule has 20 nitrogen and oxygen atoms in total. The van der Waals surface area contributed by atoms with E-state index in [9.17, 15) is 26.4 Å². The molecule has 73 heavy (non-hydrogen) atoms. The second-order valence-corrected chi connectivity index (χ2v) is 25.3. The first kappa shape index (κ1) is 56.8. The topological polar surface area (TPSA) is 304 Å². The van der Waals surface area contributed by atoms with Crippen molar-refractivity contribution < 1.29 is 35.9 Å². The van der Waals surface area contributed by atoms with Crippen molar-refractivity contribution >= 4 is 88.2 Å². The summed E-state index contributed by atoms with van der Waals surface area (Å²) in [6.07, 6.45) is 16.0. The summed E-state index contributed by atoms with van der Waals surface area (Å²) in [4.78, 5) is 48.2. The first-order chi connectivity index (χ1) is 34.4. The van der Waals surface area contributed by atoms with Crippen LogP contribution in [0.25, 0.3) is 20.9 Å². The molecule has 6 aromatic rings.